The van der Waals surface area contributed by atoms with Gasteiger partial charge in [-0.05, 0) is 36.6 Å². The van der Waals surface area contributed by atoms with Gasteiger partial charge < -0.3 is 14.6 Å². The van der Waals surface area contributed by atoms with Gasteiger partial charge in [0.2, 0.25) is 0 Å². The fraction of sp³-hybridized carbons (Fsp3) is 0.280. The summed E-state index contributed by atoms with van der Waals surface area (Å²) >= 11 is 0. The Bertz CT molecular complexity index is 1250. The molecule has 2 aromatic carbocycles. The van der Waals surface area contributed by atoms with E-state index in [2.05, 4.69) is 50.4 Å². The number of aromatic nitrogens is 1. The summed E-state index contributed by atoms with van der Waals surface area (Å²) in [6, 6.07) is 20.0. The van der Waals surface area contributed by atoms with Gasteiger partial charge in [0.15, 0.2) is 0 Å². The highest BCUT2D eigenvalue weighted by Crippen LogP contribution is 2.25. The van der Waals surface area contributed by atoms with E-state index in [1.165, 1.54) is 10.8 Å². The Kier molecular flexibility index (Phi) is 6.93. The number of nitrogens with one attached hydrogen (secondary N) is 1. The molecule has 0 radical (unpaired) electrons. The second kappa shape index (κ2) is 10.0. The van der Waals surface area contributed by atoms with E-state index in [1.807, 2.05) is 36.5 Å². The van der Waals surface area contributed by atoms with Crippen LogP contribution >= 0.6 is 12.4 Å². The molecule has 166 valence electrons. The van der Waals surface area contributed by atoms with Crippen molar-refractivity contribution in [2.75, 3.05) is 49.5 Å². The number of benzene rings is 2. The van der Waals surface area contributed by atoms with Gasteiger partial charge in [-0.15, -0.1) is 12.4 Å². The van der Waals surface area contributed by atoms with Crippen LogP contribution in [0.2, 0.25) is 0 Å². The van der Waals surface area contributed by atoms with E-state index in [4.69, 9.17) is 4.42 Å². The maximum absolute atomic E-state index is 12.1. The second-order valence-corrected chi connectivity index (χ2v) is 7.95. The molecule has 1 N–H and O–H groups in total. The van der Waals surface area contributed by atoms with Crippen molar-refractivity contribution < 1.29 is 4.42 Å². The third-order valence-electron chi connectivity index (χ3n) is 5.93. The highest BCUT2D eigenvalue weighted by molar-refractivity contribution is 5.92. The third kappa shape index (κ3) is 4.71. The van der Waals surface area contributed by atoms with Gasteiger partial charge in [-0.3, -0.25) is 4.90 Å². The van der Waals surface area contributed by atoms with Gasteiger partial charge in [-0.2, -0.15) is 0 Å². The van der Waals surface area contributed by atoms with Crippen LogP contribution in [0.15, 0.2) is 76.1 Å². The number of pyridine rings is 1. The van der Waals surface area contributed by atoms with Crippen LogP contribution in [0.4, 0.5) is 11.5 Å². The Morgan fingerprint density at radius 2 is 1.69 bits per heavy atom. The number of anilines is 2. The Hall–Kier alpha value is -3.09. The van der Waals surface area contributed by atoms with E-state index in [0.29, 0.717) is 11.3 Å². The van der Waals surface area contributed by atoms with Crippen LogP contribution in [0, 0.1) is 0 Å². The highest BCUT2D eigenvalue weighted by Gasteiger charge is 2.19. The summed E-state index contributed by atoms with van der Waals surface area (Å²) in [5.41, 5.74) is 0.844. The molecule has 1 saturated heterocycles. The van der Waals surface area contributed by atoms with Gasteiger partial charge in [0.25, 0.3) is 0 Å². The van der Waals surface area contributed by atoms with Gasteiger partial charge in [-0.25, -0.2) is 9.78 Å². The quantitative estimate of drug-likeness (QED) is 0.347. The van der Waals surface area contributed by atoms with Crippen LogP contribution in [0.1, 0.15) is 6.42 Å². The number of nitrogens with zero attached hydrogens (tertiary/aromatic N) is 3. The number of piperazine rings is 1. The zero-order valence-electron chi connectivity index (χ0n) is 17.9. The van der Waals surface area contributed by atoms with Gasteiger partial charge in [0, 0.05) is 49.7 Å². The first-order valence-electron chi connectivity index (χ1n) is 10.9. The molecule has 1 aliphatic rings. The molecule has 2 aromatic heterocycles. The molecular formula is C25H27ClN4O2. The van der Waals surface area contributed by atoms with Crippen molar-refractivity contribution in [1.29, 1.82) is 0 Å². The molecule has 0 atom stereocenters. The summed E-state index contributed by atoms with van der Waals surface area (Å²) in [6.07, 6.45) is 2.87. The standard InChI is InChI=1S/C25H26N4O2.ClH/c30-25-22(18-20-7-2-4-9-23(20)31-25)26-11-5-13-28-14-16-29(17-15-28)24-21-8-3-1-6-19(21)10-12-27-24;/h1-4,6-10,12,18,26H,5,11,13-17H2;1H. The summed E-state index contributed by atoms with van der Waals surface area (Å²) < 4.78 is 5.38. The Labute approximate surface area is 193 Å². The first-order chi connectivity index (χ1) is 15.3. The molecule has 0 amide bonds. The first kappa shape index (κ1) is 22.1. The van der Waals surface area contributed by atoms with Crippen molar-refractivity contribution in [1.82, 2.24) is 9.88 Å². The fourth-order valence-corrected chi connectivity index (χ4v) is 4.25. The van der Waals surface area contributed by atoms with E-state index < -0.39 is 0 Å². The van der Waals surface area contributed by atoms with E-state index in [1.54, 1.807) is 0 Å². The predicted octanol–water partition coefficient (Wildman–Crippen LogP) is 4.39. The smallest absolute Gasteiger partial charge is 0.359 e. The maximum Gasteiger partial charge on any atom is 0.359 e. The molecule has 0 bridgehead atoms. The molecule has 0 unspecified atom stereocenters. The topological polar surface area (TPSA) is 61.6 Å². The van der Waals surface area contributed by atoms with Crippen LogP contribution in [-0.4, -0.2) is 49.2 Å². The normalized spacial score (nSPS) is 14.4. The minimum atomic E-state index is -0.310. The SMILES string of the molecule is Cl.O=c1oc2ccccc2cc1NCCCN1CCN(c2nccc3ccccc23)CC1. The number of hydrogen-bond donors (Lipinski definition) is 1. The summed E-state index contributed by atoms with van der Waals surface area (Å²) in [5.74, 6) is 1.09. The summed E-state index contributed by atoms with van der Waals surface area (Å²) in [4.78, 5) is 21.7. The molecular weight excluding hydrogens is 424 g/mol. The van der Waals surface area contributed by atoms with Gasteiger partial charge in [0.1, 0.15) is 17.1 Å². The molecule has 0 spiro atoms. The lowest BCUT2D eigenvalue weighted by molar-refractivity contribution is 0.257. The first-order valence-corrected chi connectivity index (χ1v) is 10.9. The lowest BCUT2D eigenvalue weighted by Crippen LogP contribution is -2.47. The van der Waals surface area contributed by atoms with Crippen molar-refractivity contribution in [2.24, 2.45) is 0 Å². The van der Waals surface area contributed by atoms with Crippen molar-refractivity contribution >= 4 is 45.7 Å². The van der Waals surface area contributed by atoms with Gasteiger partial charge >= 0.3 is 5.63 Å². The second-order valence-electron chi connectivity index (χ2n) is 7.95. The highest BCUT2D eigenvalue weighted by atomic mass is 35.5. The molecule has 32 heavy (non-hydrogen) atoms. The van der Waals surface area contributed by atoms with Crippen molar-refractivity contribution in [3.63, 3.8) is 0 Å². The maximum atomic E-state index is 12.1. The van der Waals surface area contributed by atoms with E-state index in [-0.39, 0.29) is 18.0 Å². The van der Waals surface area contributed by atoms with Crippen LogP contribution in [0.5, 0.6) is 0 Å². The zero-order valence-corrected chi connectivity index (χ0v) is 18.7. The molecule has 0 saturated carbocycles. The Balaban J connectivity index is 0.00000245. The monoisotopic (exact) mass is 450 g/mol. The number of para-hydroxylation sites is 1. The number of halogens is 1. The Morgan fingerprint density at radius 1 is 0.938 bits per heavy atom. The van der Waals surface area contributed by atoms with Crippen LogP contribution in [0.3, 0.4) is 0 Å². The molecule has 4 aromatic rings. The van der Waals surface area contributed by atoms with Crippen molar-refractivity contribution in [2.45, 2.75) is 6.42 Å². The van der Waals surface area contributed by atoms with Crippen LogP contribution in [0.25, 0.3) is 21.7 Å². The summed E-state index contributed by atoms with van der Waals surface area (Å²) in [7, 11) is 0. The minimum absolute atomic E-state index is 0. The zero-order chi connectivity index (χ0) is 21.0. The summed E-state index contributed by atoms with van der Waals surface area (Å²) in [5, 5.41) is 6.63. The summed E-state index contributed by atoms with van der Waals surface area (Å²) in [6.45, 7) is 5.73. The Morgan fingerprint density at radius 3 is 2.53 bits per heavy atom. The molecule has 7 heteroatoms. The van der Waals surface area contributed by atoms with E-state index in [0.717, 1.165) is 56.9 Å². The van der Waals surface area contributed by atoms with Crippen LogP contribution in [-0.2, 0) is 0 Å². The number of hydrogen-bond acceptors (Lipinski definition) is 6. The molecule has 1 fully saturated rings. The minimum Gasteiger partial charge on any atom is -0.421 e. The lowest BCUT2D eigenvalue weighted by atomic mass is 10.1. The average Bonchev–Trinajstić information content (AvgIpc) is 2.82. The van der Waals surface area contributed by atoms with E-state index >= 15 is 0 Å². The van der Waals surface area contributed by atoms with Crippen molar-refractivity contribution in [3.8, 4) is 0 Å². The van der Waals surface area contributed by atoms with Gasteiger partial charge in [-0.1, -0.05) is 42.5 Å². The van der Waals surface area contributed by atoms with Crippen LogP contribution < -0.4 is 15.8 Å². The third-order valence-corrected chi connectivity index (χ3v) is 5.93. The average molecular weight is 451 g/mol. The molecule has 6 nitrogen and oxygen atoms in total. The van der Waals surface area contributed by atoms with Crippen molar-refractivity contribution in [3.05, 3.63) is 77.3 Å². The number of rotatable bonds is 6. The largest absolute Gasteiger partial charge is 0.421 e. The molecule has 0 aliphatic carbocycles. The number of fused-ring (bicyclic) bond motifs is 2. The molecule has 1 aliphatic heterocycles. The lowest BCUT2D eigenvalue weighted by Gasteiger charge is -2.35. The fourth-order valence-electron chi connectivity index (χ4n) is 4.25. The molecule has 3 heterocycles. The molecule has 5 rings (SSSR count). The van der Waals surface area contributed by atoms with Gasteiger partial charge in [0.05, 0.1) is 0 Å². The predicted molar refractivity (Wildman–Crippen MR) is 133 cm³/mol. The van der Waals surface area contributed by atoms with E-state index in [9.17, 15) is 4.79 Å².